The van der Waals surface area contributed by atoms with Gasteiger partial charge in [-0.05, 0) is 48.0 Å². The summed E-state index contributed by atoms with van der Waals surface area (Å²) in [5, 5.41) is 6.72. The van der Waals surface area contributed by atoms with Crippen molar-refractivity contribution in [2.75, 3.05) is 27.9 Å². The fourth-order valence-corrected chi connectivity index (χ4v) is 3.53. The third kappa shape index (κ3) is 4.75. The van der Waals surface area contributed by atoms with Gasteiger partial charge in [0.2, 0.25) is 4.80 Å². The predicted octanol–water partition coefficient (Wildman–Crippen LogP) is 4.21. The summed E-state index contributed by atoms with van der Waals surface area (Å²) < 4.78 is 17.7. The number of aromatic nitrogens is 1. The third-order valence-electron chi connectivity index (χ3n) is 4.16. The first kappa shape index (κ1) is 20.4. The Labute approximate surface area is 174 Å². The summed E-state index contributed by atoms with van der Waals surface area (Å²) in [6, 6.07) is 13.5. The monoisotopic (exact) mass is 409 g/mol. The highest BCUT2D eigenvalue weighted by molar-refractivity contribution is 7.07. The molecule has 0 amide bonds. The van der Waals surface area contributed by atoms with Crippen molar-refractivity contribution >= 4 is 17.6 Å². The minimum atomic E-state index is 0.522. The number of benzene rings is 2. The second kappa shape index (κ2) is 9.75. The van der Waals surface area contributed by atoms with Crippen molar-refractivity contribution in [3.05, 3.63) is 70.9 Å². The Bertz CT molecular complexity index is 1070. The topological polar surface area (TPSA) is 57.3 Å². The molecule has 0 bridgehead atoms. The van der Waals surface area contributed by atoms with Crippen LogP contribution in [0, 0.1) is 0 Å². The molecule has 2 aromatic carbocycles. The normalized spacial score (nSPS) is 11.6. The largest absolute Gasteiger partial charge is 0.497 e. The maximum Gasteiger partial charge on any atom is 0.206 e. The Morgan fingerprint density at radius 1 is 1.00 bits per heavy atom. The van der Waals surface area contributed by atoms with Crippen molar-refractivity contribution in [2.45, 2.75) is 0 Å². The fourth-order valence-electron chi connectivity index (χ4n) is 2.68. The molecule has 0 fully saturated rings. The number of rotatable bonds is 8. The van der Waals surface area contributed by atoms with Crippen molar-refractivity contribution in [2.24, 2.45) is 10.1 Å². The lowest BCUT2D eigenvalue weighted by Crippen LogP contribution is -2.12. The zero-order valence-corrected chi connectivity index (χ0v) is 17.5. The lowest BCUT2D eigenvalue weighted by molar-refractivity contribution is 0.355. The second-order valence-electron chi connectivity index (χ2n) is 5.93. The van der Waals surface area contributed by atoms with Crippen LogP contribution in [0.15, 0.2) is 70.6 Å². The summed E-state index contributed by atoms with van der Waals surface area (Å²) in [6.07, 6.45) is 3.53. The van der Waals surface area contributed by atoms with Crippen LogP contribution in [0.1, 0.15) is 5.56 Å². The first-order chi connectivity index (χ1) is 14.2. The van der Waals surface area contributed by atoms with Crippen LogP contribution in [-0.4, -0.2) is 38.8 Å². The van der Waals surface area contributed by atoms with Crippen LogP contribution in [0.25, 0.3) is 11.3 Å². The molecule has 29 heavy (non-hydrogen) atoms. The molecule has 0 saturated heterocycles. The zero-order valence-electron chi connectivity index (χ0n) is 16.7. The Morgan fingerprint density at radius 2 is 1.76 bits per heavy atom. The molecule has 0 unspecified atom stereocenters. The van der Waals surface area contributed by atoms with Gasteiger partial charge in [-0.15, -0.1) is 17.9 Å². The summed E-state index contributed by atoms with van der Waals surface area (Å²) in [5.41, 5.74) is 2.85. The van der Waals surface area contributed by atoms with Crippen LogP contribution in [0.3, 0.4) is 0 Å². The number of nitrogens with zero attached hydrogens (tertiary/aromatic N) is 3. The Kier molecular flexibility index (Phi) is 6.86. The minimum Gasteiger partial charge on any atom is -0.497 e. The standard InChI is InChI=1S/C22H23N3O3S/c1-5-12-23-22-25(19(15-29-22)17-7-9-18(26-2)10-8-17)24-14-16-6-11-20(27-3)21(13-16)28-4/h5-11,13-15H,1,12H2,2-4H3. The molecule has 0 radical (unpaired) electrons. The molecule has 3 aromatic rings. The van der Waals surface area contributed by atoms with Gasteiger partial charge in [0.15, 0.2) is 11.5 Å². The molecular weight excluding hydrogens is 386 g/mol. The van der Waals surface area contributed by atoms with E-state index in [0.717, 1.165) is 27.4 Å². The van der Waals surface area contributed by atoms with Crippen molar-refractivity contribution in [1.82, 2.24) is 4.68 Å². The van der Waals surface area contributed by atoms with Gasteiger partial charge in [0, 0.05) is 10.9 Å². The van der Waals surface area contributed by atoms with E-state index in [0.29, 0.717) is 18.0 Å². The number of methoxy groups -OCH3 is 3. The Hall–Kier alpha value is -3.32. The van der Waals surface area contributed by atoms with Gasteiger partial charge in [-0.1, -0.05) is 6.08 Å². The molecule has 1 heterocycles. The summed E-state index contributed by atoms with van der Waals surface area (Å²) in [6.45, 7) is 4.26. The van der Waals surface area contributed by atoms with E-state index in [-0.39, 0.29) is 0 Å². The molecule has 0 saturated carbocycles. The number of ether oxygens (including phenoxy) is 3. The number of hydrogen-bond donors (Lipinski definition) is 0. The highest BCUT2D eigenvalue weighted by atomic mass is 32.1. The molecule has 0 aliphatic rings. The highest BCUT2D eigenvalue weighted by Gasteiger charge is 2.08. The van der Waals surface area contributed by atoms with Crippen LogP contribution >= 0.6 is 11.3 Å². The van der Waals surface area contributed by atoms with Gasteiger partial charge in [-0.3, -0.25) is 4.99 Å². The molecule has 3 rings (SSSR count). The van der Waals surface area contributed by atoms with E-state index < -0.39 is 0 Å². The van der Waals surface area contributed by atoms with E-state index in [9.17, 15) is 0 Å². The van der Waals surface area contributed by atoms with Gasteiger partial charge in [-0.25, -0.2) is 4.68 Å². The van der Waals surface area contributed by atoms with Crippen molar-refractivity contribution in [3.63, 3.8) is 0 Å². The van der Waals surface area contributed by atoms with E-state index in [4.69, 9.17) is 14.2 Å². The molecule has 1 aromatic heterocycles. The molecule has 150 valence electrons. The quantitative estimate of drug-likeness (QED) is 0.414. The van der Waals surface area contributed by atoms with Gasteiger partial charge >= 0.3 is 0 Å². The first-order valence-corrected chi connectivity index (χ1v) is 9.81. The zero-order chi connectivity index (χ0) is 20.6. The fraction of sp³-hybridized carbons (Fsp3) is 0.182. The van der Waals surface area contributed by atoms with E-state index in [1.165, 1.54) is 11.3 Å². The van der Waals surface area contributed by atoms with Crippen LogP contribution in [0.5, 0.6) is 17.2 Å². The number of hydrogen-bond acceptors (Lipinski definition) is 6. The minimum absolute atomic E-state index is 0.522. The van der Waals surface area contributed by atoms with E-state index in [1.54, 1.807) is 33.6 Å². The molecule has 0 aliphatic carbocycles. The Balaban J connectivity index is 2.03. The SMILES string of the molecule is C=CCN=c1scc(-c2ccc(OC)cc2)n1N=Cc1ccc(OC)c(OC)c1. The van der Waals surface area contributed by atoms with Crippen molar-refractivity contribution in [3.8, 4) is 28.5 Å². The number of thiazole rings is 1. The predicted molar refractivity (Wildman–Crippen MR) is 117 cm³/mol. The molecule has 0 atom stereocenters. The summed E-state index contributed by atoms with van der Waals surface area (Å²) >= 11 is 1.53. The van der Waals surface area contributed by atoms with Crippen LogP contribution in [0.2, 0.25) is 0 Å². The van der Waals surface area contributed by atoms with Gasteiger partial charge in [-0.2, -0.15) is 5.10 Å². The lowest BCUT2D eigenvalue weighted by Gasteiger charge is -2.08. The van der Waals surface area contributed by atoms with Gasteiger partial charge < -0.3 is 14.2 Å². The van der Waals surface area contributed by atoms with Crippen molar-refractivity contribution < 1.29 is 14.2 Å². The molecule has 6 nitrogen and oxygen atoms in total. The van der Waals surface area contributed by atoms with Gasteiger partial charge in [0.25, 0.3) is 0 Å². The van der Waals surface area contributed by atoms with Crippen molar-refractivity contribution in [1.29, 1.82) is 0 Å². The Morgan fingerprint density at radius 3 is 2.41 bits per heavy atom. The van der Waals surface area contributed by atoms with Crippen LogP contribution < -0.4 is 19.0 Å². The second-order valence-corrected chi connectivity index (χ2v) is 6.77. The summed E-state index contributed by atoms with van der Waals surface area (Å²) in [5.74, 6) is 2.13. The van der Waals surface area contributed by atoms with Gasteiger partial charge in [0.1, 0.15) is 5.75 Å². The van der Waals surface area contributed by atoms with Crippen LogP contribution in [-0.2, 0) is 0 Å². The first-order valence-electron chi connectivity index (χ1n) is 8.93. The van der Waals surface area contributed by atoms with E-state index in [1.807, 2.05) is 52.5 Å². The van der Waals surface area contributed by atoms with E-state index in [2.05, 4.69) is 16.7 Å². The molecule has 0 spiro atoms. The van der Waals surface area contributed by atoms with Crippen LogP contribution in [0.4, 0.5) is 0 Å². The third-order valence-corrected chi connectivity index (χ3v) is 5.01. The average Bonchev–Trinajstić information content (AvgIpc) is 3.18. The lowest BCUT2D eigenvalue weighted by atomic mass is 10.2. The molecule has 7 heteroatoms. The highest BCUT2D eigenvalue weighted by Crippen LogP contribution is 2.27. The average molecular weight is 410 g/mol. The summed E-state index contributed by atoms with van der Waals surface area (Å²) in [4.78, 5) is 5.34. The molecular formula is C22H23N3O3S. The summed E-state index contributed by atoms with van der Waals surface area (Å²) in [7, 11) is 4.88. The molecule has 0 N–H and O–H groups in total. The molecule has 0 aliphatic heterocycles. The van der Waals surface area contributed by atoms with Gasteiger partial charge in [0.05, 0.1) is 39.8 Å². The smallest absolute Gasteiger partial charge is 0.206 e. The maximum absolute atomic E-state index is 5.37. The maximum atomic E-state index is 5.37. The van der Waals surface area contributed by atoms with E-state index >= 15 is 0 Å².